The van der Waals surface area contributed by atoms with Gasteiger partial charge in [-0.05, 0) is 30.9 Å². The predicted octanol–water partition coefficient (Wildman–Crippen LogP) is 3.02. The van der Waals surface area contributed by atoms with Gasteiger partial charge in [0.1, 0.15) is 0 Å². The minimum absolute atomic E-state index is 0.190. The molecule has 0 atom stereocenters. The van der Waals surface area contributed by atoms with E-state index in [0.717, 1.165) is 25.7 Å². The maximum atomic E-state index is 12.9. The van der Waals surface area contributed by atoms with Gasteiger partial charge < -0.3 is 5.32 Å². The molecule has 1 aliphatic rings. The Bertz CT molecular complexity index is 433. The van der Waals surface area contributed by atoms with Crippen LogP contribution in [0.5, 0.6) is 0 Å². The normalized spacial score (nSPS) is 15.9. The summed E-state index contributed by atoms with van der Waals surface area (Å²) in [6.45, 7) is 0.499. The quantitative estimate of drug-likeness (QED) is 0.828. The van der Waals surface area contributed by atoms with Crippen LogP contribution < -0.4 is 5.32 Å². The number of hydrogen-bond donors (Lipinski definition) is 1. The second-order valence-corrected chi connectivity index (χ2v) is 4.61. The Morgan fingerprint density at radius 3 is 2.28 bits per heavy atom. The van der Waals surface area contributed by atoms with Crippen molar-refractivity contribution in [2.75, 3.05) is 6.54 Å². The Morgan fingerprint density at radius 2 is 1.72 bits per heavy atom. The van der Waals surface area contributed by atoms with E-state index in [1.165, 1.54) is 0 Å². The van der Waals surface area contributed by atoms with Gasteiger partial charge in [0.2, 0.25) is 0 Å². The summed E-state index contributed by atoms with van der Waals surface area (Å²) in [5.74, 6) is -4.38. The largest absolute Gasteiger partial charge is 0.352 e. The van der Waals surface area contributed by atoms with Gasteiger partial charge in [-0.2, -0.15) is 0 Å². The van der Waals surface area contributed by atoms with Crippen molar-refractivity contribution < 1.29 is 18.0 Å². The fraction of sp³-hybridized carbons (Fsp3) is 0.462. The highest BCUT2D eigenvalue weighted by molar-refractivity contribution is 5.94. The van der Waals surface area contributed by atoms with Gasteiger partial charge in [-0.1, -0.05) is 12.8 Å². The third-order valence-corrected chi connectivity index (χ3v) is 3.27. The van der Waals surface area contributed by atoms with Crippen LogP contribution in [0.15, 0.2) is 12.1 Å². The first kappa shape index (κ1) is 12.9. The summed E-state index contributed by atoms with van der Waals surface area (Å²) in [5.41, 5.74) is -0.190. The molecule has 0 unspecified atom stereocenters. The topological polar surface area (TPSA) is 29.1 Å². The van der Waals surface area contributed by atoms with Crippen LogP contribution in [-0.2, 0) is 0 Å². The molecule has 1 amide bonds. The number of benzene rings is 1. The Kier molecular flexibility index (Phi) is 3.89. The summed E-state index contributed by atoms with van der Waals surface area (Å²) in [7, 11) is 0. The van der Waals surface area contributed by atoms with E-state index >= 15 is 0 Å². The number of carbonyl (C=O) groups excluding carboxylic acids is 1. The lowest BCUT2D eigenvalue weighted by atomic mass is 10.1. The molecule has 1 fully saturated rings. The second-order valence-electron chi connectivity index (χ2n) is 4.61. The first-order chi connectivity index (χ1) is 8.58. The van der Waals surface area contributed by atoms with Crippen molar-refractivity contribution in [2.24, 2.45) is 5.92 Å². The molecule has 0 spiro atoms. The van der Waals surface area contributed by atoms with Gasteiger partial charge in [-0.15, -0.1) is 0 Å². The number of nitrogens with one attached hydrogen (secondary N) is 1. The summed E-state index contributed by atoms with van der Waals surface area (Å²) in [6, 6.07) is 1.42. The summed E-state index contributed by atoms with van der Waals surface area (Å²) in [6.07, 6.45) is 4.43. The first-order valence-electron chi connectivity index (χ1n) is 6.00. The molecular formula is C13H14F3NO. The monoisotopic (exact) mass is 257 g/mol. The highest BCUT2D eigenvalue weighted by Crippen LogP contribution is 2.23. The molecule has 1 N–H and O–H groups in total. The molecule has 2 rings (SSSR count). The maximum Gasteiger partial charge on any atom is 0.251 e. The molecule has 0 radical (unpaired) electrons. The zero-order valence-electron chi connectivity index (χ0n) is 9.81. The van der Waals surface area contributed by atoms with Gasteiger partial charge in [0.25, 0.3) is 5.91 Å². The third-order valence-electron chi connectivity index (χ3n) is 3.27. The highest BCUT2D eigenvalue weighted by atomic mass is 19.2. The van der Waals surface area contributed by atoms with Gasteiger partial charge in [-0.25, -0.2) is 13.2 Å². The molecule has 1 saturated carbocycles. The molecule has 98 valence electrons. The highest BCUT2D eigenvalue weighted by Gasteiger charge is 2.18. The minimum atomic E-state index is -1.55. The van der Waals surface area contributed by atoms with Gasteiger partial charge >= 0.3 is 0 Å². The van der Waals surface area contributed by atoms with Crippen LogP contribution in [0.4, 0.5) is 13.2 Å². The second kappa shape index (κ2) is 5.42. The molecule has 0 aliphatic heterocycles. The summed E-state index contributed by atoms with van der Waals surface area (Å²) >= 11 is 0. The molecule has 0 aromatic heterocycles. The van der Waals surface area contributed by atoms with Crippen molar-refractivity contribution in [1.29, 1.82) is 0 Å². The summed E-state index contributed by atoms with van der Waals surface area (Å²) in [5, 5.41) is 2.62. The van der Waals surface area contributed by atoms with Crippen molar-refractivity contribution in [2.45, 2.75) is 25.7 Å². The van der Waals surface area contributed by atoms with Gasteiger partial charge in [-0.3, -0.25) is 4.79 Å². The SMILES string of the molecule is O=C(NCC1CCCC1)c1cc(F)c(F)c(F)c1. The van der Waals surface area contributed by atoms with Crippen molar-refractivity contribution >= 4 is 5.91 Å². The minimum Gasteiger partial charge on any atom is -0.352 e. The lowest BCUT2D eigenvalue weighted by Gasteiger charge is -2.10. The van der Waals surface area contributed by atoms with E-state index in [9.17, 15) is 18.0 Å². The fourth-order valence-corrected chi connectivity index (χ4v) is 2.24. The first-order valence-corrected chi connectivity index (χ1v) is 6.00. The Labute approximate surface area is 103 Å². The number of halogens is 3. The van der Waals surface area contributed by atoms with E-state index in [1.54, 1.807) is 0 Å². The van der Waals surface area contributed by atoms with Crippen molar-refractivity contribution in [3.05, 3.63) is 35.1 Å². The Hall–Kier alpha value is -1.52. The lowest BCUT2D eigenvalue weighted by molar-refractivity contribution is 0.0946. The predicted molar refractivity (Wildman–Crippen MR) is 60.6 cm³/mol. The smallest absolute Gasteiger partial charge is 0.251 e. The van der Waals surface area contributed by atoms with Crippen LogP contribution >= 0.6 is 0 Å². The standard InChI is InChI=1S/C13H14F3NO/c14-10-5-9(6-11(15)12(10)16)13(18)17-7-8-3-1-2-4-8/h5-6,8H,1-4,7H2,(H,17,18). The molecule has 2 nitrogen and oxygen atoms in total. The fourth-order valence-electron chi connectivity index (χ4n) is 2.24. The van der Waals surface area contributed by atoms with Crippen molar-refractivity contribution in [3.8, 4) is 0 Å². The zero-order valence-corrected chi connectivity index (χ0v) is 9.81. The number of hydrogen-bond acceptors (Lipinski definition) is 1. The molecule has 0 saturated heterocycles. The molecule has 0 bridgehead atoms. The van der Waals surface area contributed by atoms with Gasteiger partial charge in [0.15, 0.2) is 17.5 Å². The van der Waals surface area contributed by atoms with Gasteiger partial charge in [0.05, 0.1) is 0 Å². The van der Waals surface area contributed by atoms with Crippen LogP contribution in [0.1, 0.15) is 36.0 Å². The molecular weight excluding hydrogens is 243 g/mol. The number of carbonyl (C=O) groups is 1. The molecule has 18 heavy (non-hydrogen) atoms. The molecule has 5 heteroatoms. The Balaban J connectivity index is 2.00. The van der Waals surface area contributed by atoms with E-state index < -0.39 is 23.4 Å². The van der Waals surface area contributed by atoms with Crippen LogP contribution in [-0.4, -0.2) is 12.5 Å². The number of rotatable bonds is 3. The van der Waals surface area contributed by atoms with E-state index in [2.05, 4.69) is 5.32 Å². The zero-order chi connectivity index (χ0) is 13.1. The van der Waals surface area contributed by atoms with E-state index in [1.807, 2.05) is 0 Å². The Morgan fingerprint density at radius 1 is 1.17 bits per heavy atom. The van der Waals surface area contributed by atoms with Crippen LogP contribution in [0.25, 0.3) is 0 Å². The average molecular weight is 257 g/mol. The van der Waals surface area contributed by atoms with Crippen molar-refractivity contribution in [1.82, 2.24) is 5.32 Å². The molecule has 1 aromatic rings. The number of amides is 1. The maximum absolute atomic E-state index is 12.9. The van der Waals surface area contributed by atoms with Gasteiger partial charge in [0, 0.05) is 12.1 Å². The lowest BCUT2D eigenvalue weighted by Crippen LogP contribution is -2.28. The van der Waals surface area contributed by atoms with E-state index in [4.69, 9.17) is 0 Å². The summed E-state index contributed by atoms with van der Waals surface area (Å²) < 4.78 is 38.6. The van der Waals surface area contributed by atoms with Crippen LogP contribution in [0.2, 0.25) is 0 Å². The molecule has 1 aromatic carbocycles. The van der Waals surface area contributed by atoms with Crippen LogP contribution in [0.3, 0.4) is 0 Å². The third kappa shape index (κ3) is 2.83. The molecule has 0 heterocycles. The summed E-state index contributed by atoms with van der Waals surface area (Å²) in [4.78, 5) is 11.7. The average Bonchev–Trinajstić information content (AvgIpc) is 2.85. The van der Waals surface area contributed by atoms with Crippen LogP contribution in [0, 0.1) is 23.4 Å². The van der Waals surface area contributed by atoms with E-state index in [0.29, 0.717) is 24.6 Å². The van der Waals surface area contributed by atoms with Crippen molar-refractivity contribution in [3.63, 3.8) is 0 Å². The molecule has 1 aliphatic carbocycles. The van der Waals surface area contributed by atoms with E-state index in [-0.39, 0.29) is 5.56 Å².